The quantitative estimate of drug-likeness (QED) is 0.587. The van der Waals surface area contributed by atoms with Gasteiger partial charge in [-0.25, -0.2) is 0 Å². The number of rotatable bonds is 2. The van der Waals surface area contributed by atoms with E-state index in [1.807, 2.05) is 12.2 Å². The Labute approximate surface area is 136 Å². The summed E-state index contributed by atoms with van der Waals surface area (Å²) in [7, 11) is 0. The van der Waals surface area contributed by atoms with E-state index in [1.54, 1.807) is 0 Å². The van der Waals surface area contributed by atoms with E-state index in [0.717, 1.165) is 0 Å². The molecule has 2 aromatic rings. The van der Waals surface area contributed by atoms with Gasteiger partial charge in [-0.1, -0.05) is 94.1 Å². The topological polar surface area (TPSA) is 0 Å². The fourth-order valence-corrected chi connectivity index (χ4v) is 2.10. The molecule has 0 fully saturated rings. The molecule has 0 unspecified atom stereocenters. The Kier molecular flexibility index (Phi) is 6.37. The first-order valence-electron chi connectivity index (χ1n) is 7.70. The molecule has 0 heteroatoms. The SMILES string of the molecule is C=Cc1cc(C)ccc1C.C=Cc1ccc(C(C)(C)C)cc1. The van der Waals surface area contributed by atoms with Crippen molar-refractivity contribution in [2.75, 3.05) is 0 Å². The van der Waals surface area contributed by atoms with Crippen molar-refractivity contribution in [2.24, 2.45) is 0 Å². The summed E-state index contributed by atoms with van der Waals surface area (Å²) < 4.78 is 0. The lowest BCUT2D eigenvalue weighted by atomic mass is 9.87. The van der Waals surface area contributed by atoms with Crippen LogP contribution in [0, 0.1) is 13.8 Å². The molecule has 2 rings (SSSR count). The molecule has 0 amide bonds. The zero-order valence-electron chi connectivity index (χ0n) is 14.6. The summed E-state index contributed by atoms with van der Waals surface area (Å²) in [6.45, 7) is 18.3. The molecule has 0 aromatic heterocycles. The minimum Gasteiger partial charge on any atom is -0.0985 e. The van der Waals surface area contributed by atoms with E-state index < -0.39 is 0 Å². The fraction of sp³-hybridized carbons (Fsp3) is 0.273. The summed E-state index contributed by atoms with van der Waals surface area (Å²) in [6, 6.07) is 14.9. The molecule has 0 saturated heterocycles. The summed E-state index contributed by atoms with van der Waals surface area (Å²) in [5, 5.41) is 0. The smallest absolute Gasteiger partial charge is 0.0132 e. The summed E-state index contributed by atoms with van der Waals surface area (Å²) in [5.74, 6) is 0. The highest BCUT2D eigenvalue weighted by atomic mass is 14.2. The van der Waals surface area contributed by atoms with Crippen molar-refractivity contribution in [3.05, 3.63) is 83.4 Å². The summed E-state index contributed by atoms with van der Waals surface area (Å²) in [5.41, 5.74) is 6.62. The molecule has 0 aliphatic rings. The first-order chi connectivity index (χ1) is 10.3. The molecule has 22 heavy (non-hydrogen) atoms. The third kappa shape index (κ3) is 5.37. The number of hydrogen-bond acceptors (Lipinski definition) is 0. The Bertz CT molecular complexity index is 622. The van der Waals surface area contributed by atoms with Gasteiger partial charge < -0.3 is 0 Å². The fourth-order valence-electron chi connectivity index (χ4n) is 2.10. The van der Waals surface area contributed by atoms with Gasteiger partial charge in [0.1, 0.15) is 0 Å². The highest BCUT2D eigenvalue weighted by molar-refractivity contribution is 5.52. The largest absolute Gasteiger partial charge is 0.0985 e. The lowest BCUT2D eigenvalue weighted by molar-refractivity contribution is 0.590. The zero-order valence-corrected chi connectivity index (χ0v) is 14.6. The predicted octanol–water partition coefficient (Wildman–Crippen LogP) is 6.57. The molecule has 0 radical (unpaired) electrons. The Morgan fingerprint density at radius 3 is 1.82 bits per heavy atom. The molecule has 0 bridgehead atoms. The molecule has 116 valence electrons. The van der Waals surface area contributed by atoms with E-state index in [-0.39, 0.29) is 5.41 Å². The van der Waals surface area contributed by atoms with Crippen LogP contribution in [0.5, 0.6) is 0 Å². The van der Waals surface area contributed by atoms with Crippen LogP contribution < -0.4 is 0 Å². The molecule has 0 N–H and O–H groups in total. The van der Waals surface area contributed by atoms with E-state index in [9.17, 15) is 0 Å². The van der Waals surface area contributed by atoms with Crippen LogP contribution in [0.3, 0.4) is 0 Å². The Balaban J connectivity index is 0.000000224. The normalized spacial score (nSPS) is 10.4. The average Bonchev–Trinajstić information content (AvgIpc) is 2.49. The van der Waals surface area contributed by atoms with E-state index in [2.05, 4.69) is 90.2 Å². The Morgan fingerprint density at radius 1 is 0.818 bits per heavy atom. The Hall–Kier alpha value is -2.08. The van der Waals surface area contributed by atoms with Crippen LogP contribution >= 0.6 is 0 Å². The minimum atomic E-state index is 0.250. The van der Waals surface area contributed by atoms with Gasteiger partial charge in [0, 0.05) is 0 Å². The van der Waals surface area contributed by atoms with Gasteiger partial charge in [-0.05, 0) is 41.5 Å². The van der Waals surface area contributed by atoms with E-state index >= 15 is 0 Å². The van der Waals surface area contributed by atoms with Crippen molar-refractivity contribution in [1.29, 1.82) is 0 Å². The minimum absolute atomic E-state index is 0.250. The number of aryl methyl sites for hydroxylation is 2. The Morgan fingerprint density at radius 2 is 1.41 bits per heavy atom. The average molecular weight is 292 g/mol. The van der Waals surface area contributed by atoms with Gasteiger partial charge in [0.05, 0.1) is 0 Å². The monoisotopic (exact) mass is 292 g/mol. The molecule has 0 saturated carbocycles. The lowest BCUT2D eigenvalue weighted by Crippen LogP contribution is -2.10. The maximum absolute atomic E-state index is 3.73. The highest BCUT2D eigenvalue weighted by Crippen LogP contribution is 2.22. The van der Waals surface area contributed by atoms with Crippen LogP contribution in [0.1, 0.15) is 48.6 Å². The van der Waals surface area contributed by atoms with Crippen LogP contribution in [-0.4, -0.2) is 0 Å². The second-order valence-corrected chi connectivity index (χ2v) is 6.64. The van der Waals surface area contributed by atoms with Crippen molar-refractivity contribution in [3.63, 3.8) is 0 Å². The van der Waals surface area contributed by atoms with Crippen molar-refractivity contribution < 1.29 is 0 Å². The maximum Gasteiger partial charge on any atom is -0.0132 e. The molecule has 0 heterocycles. The van der Waals surface area contributed by atoms with Gasteiger partial charge in [-0.15, -0.1) is 0 Å². The lowest BCUT2D eigenvalue weighted by Gasteiger charge is -2.18. The first-order valence-corrected chi connectivity index (χ1v) is 7.70. The van der Waals surface area contributed by atoms with E-state index in [4.69, 9.17) is 0 Å². The molecular formula is C22H28. The second-order valence-electron chi connectivity index (χ2n) is 6.64. The summed E-state index contributed by atoms with van der Waals surface area (Å²) >= 11 is 0. The molecule has 2 aromatic carbocycles. The molecule has 0 aliphatic heterocycles. The summed E-state index contributed by atoms with van der Waals surface area (Å²) in [4.78, 5) is 0. The van der Waals surface area contributed by atoms with Crippen LogP contribution in [0.4, 0.5) is 0 Å². The van der Waals surface area contributed by atoms with Crippen LogP contribution in [0.25, 0.3) is 12.2 Å². The van der Waals surface area contributed by atoms with Gasteiger partial charge in [0.2, 0.25) is 0 Å². The van der Waals surface area contributed by atoms with Crippen LogP contribution in [0.2, 0.25) is 0 Å². The van der Waals surface area contributed by atoms with Crippen LogP contribution in [-0.2, 0) is 5.41 Å². The van der Waals surface area contributed by atoms with Crippen molar-refractivity contribution >= 4 is 12.2 Å². The van der Waals surface area contributed by atoms with Crippen molar-refractivity contribution in [3.8, 4) is 0 Å². The van der Waals surface area contributed by atoms with Gasteiger partial charge in [0.15, 0.2) is 0 Å². The molecule has 0 atom stereocenters. The standard InChI is InChI=1S/C12H16.C10H12/c1-5-10-6-8-11(9-7-10)12(2,3)4;1-4-10-7-8(2)5-6-9(10)3/h5-9H,1H2,2-4H3;4-7H,1H2,2-3H3. The third-order valence-corrected chi connectivity index (χ3v) is 3.67. The number of benzene rings is 2. The molecular weight excluding hydrogens is 264 g/mol. The highest BCUT2D eigenvalue weighted by Gasteiger charge is 2.12. The van der Waals surface area contributed by atoms with E-state index in [1.165, 1.54) is 27.8 Å². The van der Waals surface area contributed by atoms with Crippen LogP contribution in [0.15, 0.2) is 55.6 Å². The molecule has 0 nitrogen and oxygen atoms in total. The predicted molar refractivity (Wildman–Crippen MR) is 101 cm³/mol. The summed E-state index contributed by atoms with van der Waals surface area (Å²) in [6.07, 6.45) is 3.76. The third-order valence-electron chi connectivity index (χ3n) is 3.67. The van der Waals surface area contributed by atoms with Gasteiger partial charge >= 0.3 is 0 Å². The first kappa shape index (κ1) is 18.0. The van der Waals surface area contributed by atoms with Crippen molar-refractivity contribution in [1.82, 2.24) is 0 Å². The molecule has 0 spiro atoms. The van der Waals surface area contributed by atoms with Crippen molar-refractivity contribution in [2.45, 2.75) is 40.0 Å². The van der Waals surface area contributed by atoms with Gasteiger partial charge in [-0.2, -0.15) is 0 Å². The number of hydrogen-bond donors (Lipinski definition) is 0. The molecule has 0 aliphatic carbocycles. The van der Waals surface area contributed by atoms with Gasteiger partial charge in [-0.3, -0.25) is 0 Å². The zero-order chi connectivity index (χ0) is 16.8. The van der Waals surface area contributed by atoms with Gasteiger partial charge in [0.25, 0.3) is 0 Å². The van der Waals surface area contributed by atoms with E-state index in [0.29, 0.717) is 0 Å². The maximum atomic E-state index is 3.73. The second kappa shape index (κ2) is 7.79.